The normalized spacial score (nSPS) is 10.2. The molecule has 0 spiro atoms. The van der Waals surface area contributed by atoms with E-state index in [4.69, 9.17) is 20.4 Å². The van der Waals surface area contributed by atoms with Crippen molar-refractivity contribution in [2.24, 2.45) is 0 Å². The minimum absolute atomic E-state index is 1.34. The van der Waals surface area contributed by atoms with Crippen LogP contribution in [0.15, 0.2) is 0 Å². The lowest BCUT2D eigenvalue weighted by Gasteiger charge is -2.04. The first-order valence-electron chi connectivity index (χ1n) is 2.77. The maximum absolute atomic E-state index is 12.4. The van der Waals surface area contributed by atoms with Crippen LogP contribution in [0.2, 0.25) is 0 Å². The number of hydrogen-bond acceptors (Lipinski definition) is 4. The number of hydrogen-bond donors (Lipinski definition) is 4. The van der Waals surface area contributed by atoms with Crippen LogP contribution in [0.25, 0.3) is 0 Å². The molecule has 0 unspecified atom stereocenters. The largest absolute Gasteiger partial charge is 0.503 e. The van der Waals surface area contributed by atoms with Gasteiger partial charge in [0.2, 0.25) is 28.9 Å². The van der Waals surface area contributed by atoms with Crippen LogP contribution in [0.5, 0.6) is 23.0 Å². The van der Waals surface area contributed by atoms with Crippen molar-refractivity contribution in [3.8, 4) is 23.0 Å². The van der Waals surface area contributed by atoms with E-state index < -0.39 is 34.6 Å². The molecule has 0 fully saturated rings. The van der Waals surface area contributed by atoms with Crippen LogP contribution >= 0.6 is 0 Å². The van der Waals surface area contributed by atoms with Crippen molar-refractivity contribution in [1.29, 1.82) is 0 Å². The zero-order valence-electron chi connectivity index (χ0n) is 5.54. The Labute approximate surface area is 64.9 Å². The average Bonchev–Trinajstić information content (AvgIpc) is 2.08. The van der Waals surface area contributed by atoms with Gasteiger partial charge in [-0.25, -0.2) is 0 Å². The first-order valence-corrected chi connectivity index (χ1v) is 2.77. The van der Waals surface area contributed by atoms with Gasteiger partial charge in [-0.15, -0.1) is 0 Å². The first-order chi connectivity index (χ1) is 5.46. The second kappa shape index (κ2) is 2.40. The Kier molecular flexibility index (Phi) is 1.68. The third-order valence-corrected chi connectivity index (χ3v) is 1.28. The lowest BCUT2D eigenvalue weighted by Crippen LogP contribution is -1.86. The van der Waals surface area contributed by atoms with Gasteiger partial charge >= 0.3 is 0 Å². The van der Waals surface area contributed by atoms with Gasteiger partial charge in [0, 0.05) is 0 Å². The lowest BCUT2D eigenvalue weighted by atomic mass is 10.2. The summed E-state index contributed by atoms with van der Waals surface area (Å²) in [6.45, 7) is 0. The van der Waals surface area contributed by atoms with Crippen molar-refractivity contribution < 1.29 is 29.2 Å². The summed E-state index contributed by atoms with van der Waals surface area (Å²) >= 11 is 0. The van der Waals surface area contributed by atoms with Gasteiger partial charge in [-0.3, -0.25) is 0 Å². The molecule has 0 aliphatic rings. The van der Waals surface area contributed by atoms with Gasteiger partial charge in [0.1, 0.15) is 0 Å². The fourth-order valence-corrected chi connectivity index (χ4v) is 0.641. The van der Waals surface area contributed by atoms with Crippen molar-refractivity contribution in [2.75, 3.05) is 0 Å². The third-order valence-electron chi connectivity index (χ3n) is 1.28. The maximum atomic E-state index is 12.4. The fraction of sp³-hybridized carbons (Fsp3) is 0. The summed E-state index contributed by atoms with van der Waals surface area (Å²) in [5, 5.41) is 34.3. The molecule has 1 rings (SSSR count). The van der Waals surface area contributed by atoms with Crippen LogP contribution in [0.1, 0.15) is 0 Å². The third kappa shape index (κ3) is 0.884. The average molecular weight is 178 g/mol. The highest BCUT2D eigenvalue weighted by atomic mass is 19.1. The van der Waals surface area contributed by atoms with E-state index in [2.05, 4.69) is 0 Å². The second-order valence-electron chi connectivity index (χ2n) is 2.02. The van der Waals surface area contributed by atoms with Gasteiger partial charge in [-0.05, 0) is 0 Å². The summed E-state index contributed by atoms with van der Waals surface area (Å²) in [5.41, 5.74) is 0. The molecule has 1 aromatic carbocycles. The number of aromatic hydroxyl groups is 4. The fourth-order valence-electron chi connectivity index (χ4n) is 0.641. The van der Waals surface area contributed by atoms with Crippen LogP contribution in [0, 0.1) is 11.6 Å². The highest BCUT2D eigenvalue weighted by Crippen LogP contribution is 2.43. The number of rotatable bonds is 0. The van der Waals surface area contributed by atoms with Gasteiger partial charge in [0.25, 0.3) is 0 Å². The Morgan fingerprint density at radius 2 is 0.917 bits per heavy atom. The predicted octanol–water partition coefficient (Wildman–Crippen LogP) is 0.787. The molecule has 1 aromatic rings. The molecule has 0 saturated carbocycles. The molecule has 0 aliphatic heterocycles. The summed E-state index contributed by atoms with van der Waals surface area (Å²) in [4.78, 5) is 0. The van der Waals surface area contributed by atoms with E-state index in [-0.39, 0.29) is 0 Å². The number of phenolic OH excluding ortho intramolecular Hbond substituents is 4. The smallest absolute Gasteiger partial charge is 0.213 e. The molecule has 0 atom stereocenters. The molecule has 66 valence electrons. The maximum Gasteiger partial charge on any atom is 0.213 e. The van der Waals surface area contributed by atoms with Crippen LogP contribution in [0.4, 0.5) is 8.78 Å². The topological polar surface area (TPSA) is 80.9 Å². The highest BCUT2D eigenvalue weighted by molar-refractivity contribution is 5.55. The summed E-state index contributed by atoms with van der Waals surface area (Å²) in [6, 6.07) is 0. The van der Waals surface area contributed by atoms with Gasteiger partial charge < -0.3 is 20.4 Å². The van der Waals surface area contributed by atoms with Crippen LogP contribution in [0.3, 0.4) is 0 Å². The summed E-state index contributed by atoms with van der Waals surface area (Å²) in [5.74, 6) is -9.12. The minimum Gasteiger partial charge on any atom is -0.503 e. The van der Waals surface area contributed by atoms with Crippen molar-refractivity contribution in [3.05, 3.63) is 11.6 Å². The van der Waals surface area contributed by atoms with Crippen LogP contribution in [-0.2, 0) is 0 Å². The van der Waals surface area contributed by atoms with Gasteiger partial charge in [0.15, 0.2) is 5.75 Å². The van der Waals surface area contributed by atoms with Gasteiger partial charge in [0.05, 0.1) is 0 Å². The molecule has 4 nitrogen and oxygen atoms in total. The Morgan fingerprint density at radius 3 is 1.25 bits per heavy atom. The molecule has 0 heterocycles. The van der Waals surface area contributed by atoms with E-state index in [1.807, 2.05) is 0 Å². The number of phenols is 4. The molecule has 0 radical (unpaired) electrons. The summed E-state index contributed by atoms with van der Waals surface area (Å²) in [6.07, 6.45) is 0. The van der Waals surface area contributed by atoms with Crippen molar-refractivity contribution in [3.63, 3.8) is 0 Å². The minimum atomic E-state index is -1.72. The van der Waals surface area contributed by atoms with Crippen molar-refractivity contribution in [1.82, 2.24) is 0 Å². The second-order valence-corrected chi connectivity index (χ2v) is 2.02. The van der Waals surface area contributed by atoms with E-state index in [0.29, 0.717) is 0 Å². The molecule has 0 amide bonds. The SMILES string of the molecule is Oc1c(O)c(F)c(O)c(F)c1O. The quantitative estimate of drug-likeness (QED) is 0.349. The predicted molar refractivity (Wildman–Crippen MR) is 33.0 cm³/mol. The molecule has 12 heavy (non-hydrogen) atoms. The molecule has 4 N–H and O–H groups in total. The Morgan fingerprint density at radius 1 is 0.583 bits per heavy atom. The molecule has 0 aromatic heterocycles. The molecule has 0 saturated heterocycles. The van der Waals surface area contributed by atoms with E-state index in [1.54, 1.807) is 0 Å². The number of halogens is 2. The lowest BCUT2D eigenvalue weighted by molar-refractivity contribution is 0.309. The van der Waals surface area contributed by atoms with E-state index in [1.165, 1.54) is 0 Å². The Hall–Kier alpha value is -1.72. The van der Waals surface area contributed by atoms with Crippen LogP contribution in [-0.4, -0.2) is 20.4 Å². The molecule has 0 aliphatic carbocycles. The molecular formula is C6H4F2O4. The Bertz CT molecular complexity index is 232. The molecule has 0 bridgehead atoms. The van der Waals surface area contributed by atoms with Gasteiger partial charge in [-0.1, -0.05) is 0 Å². The highest BCUT2D eigenvalue weighted by Gasteiger charge is 2.23. The van der Waals surface area contributed by atoms with Gasteiger partial charge in [-0.2, -0.15) is 8.78 Å². The number of benzene rings is 1. The van der Waals surface area contributed by atoms with Crippen LogP contribution < -0.4 is 0 Å². The molecule has 6 heteroatoms. The zero-order valence-corrected chi connectivity index (χ0v) is 5.54. The van der Waals surface area contributed by atoms with E-state index in [0.717, 1.165) is 0 Å². The summed E-state index contributed by atoms with van der Waals surface area (Å²) in [7, 11) is 0. The zero-order chi connectivity index (χ0) is 9.46. The monoisotopic (exact) mass is 178 g/mol. The summed E-state index contributed by atoms with van der Waals surface area (Å²) < 4.78 is 24.8. The van der Waals surface area contributed by atoms with E-state index in [9.17, 15) is 8.78 Å². The standard InChI is InChI=1S/C6H4F2O4/c7-1-3(9)2(8)5(11)6(12)4(1)10/h9-12H. The van der Waals surface area contributed by atoms with E-state index >= 15 is 0 Å². The Balaban J connectivity index is 3.60. The van der Waals surface area contributed by atoms with Crippen molar-refractivity contribution >= 4 is 0 Å². The van der Waals surface area contributed by atoms with Crippen molar-refractivity contribution in [2.45, 2.75) is 0 Å². The molecular weight excluding hydrogens is 174 g/mol. The first kappa shape index (κ1) is 8.38.